The van der Waals surface area contributed by atoms with E-state index >= 15 is 0 Å². The van der Waals surface area contributed by atoms with E-state index in [4.69, 9.17) is 5.26 Å². The molecule has 4 heteroatoms. The Morgan fingerprint density at radius 3 is 2.29 bits per heavy atom. The Morgan fingerprint density at radius 1 is 1.06 bits per heavy atom. The fourth-order valence-corrected chi connectivity index (χ4v) is 5.39. The third-order valence-corrected chi connectivity index (χ3v) is 5.80. The maximum absolute atomic E-state index is 9.14. The molecular weight excluding hydrogens is 230 g/mol. The highest BCUT2D eigenvalue weighted by Crippen LogP contribution is 2.59. The molecule has 4 saturated carbocycles. The lowest BCUT2D eigenvalue weighted by molar-refractivity contribution is -0.00423. The molecule has 0 N–H and O–H groups in total. The van der Waals surface area contributed by atoms with Crippen LogP contribution in [0, 0.1) is 35.0 Å². The molecule has 4 aliphatic rings. The summed E-state index contributed by atoms with van der Waals surface area (Å²) in [6.45, 7) is 0. The molecule has 4 aliphatic carbocycles. The molecule has 0 amide bonds. The summed E-state index contributed by atoms with van der Waals surface area (Å²) >= 11 is 1.27. The summed E-state index contributed by atoms with van der Waals surface area (Å²) in [4.78, 5) is 0.766. The topological polar surface area (TPSA) is 49.6 Å². The molecule has 0 aromatic carbocycles. The third-order valence-electron chi connectivity index (χ3n) is 5.16. The van der Waals surface area contributed by atoms with Crippen molar-refractivity contribution in [2.45, 2.75) is 38.0 Å². The van der Waals surface area contributed by atoms with Gasteiger partial charge in [0, 0.05) is 5.92 Å². The first-order valence-electron chi connectivity index (χ1n) is 6.57. The largest absolute Gasteiger partial charge is 0.191 e. The van der Waals surface area contributed by atoms with E-state index in [-0.39, 0.29) is 0 Å². The molecule has 4 bridgehead atoms. The van der Waals surface area contributed by atoms with Crippen molar-refractivity contribution in [3.8, 4) is 6.07 Å². The summed E-state index contributed by atoms with van der Waals surface area (Å²) in [7, 11) is 0. The molecule has 0 saturated heterocycles. The zero-order chi connectivity index (χ0) is 11.4. The zero-order valence-electron chi connectivity index (χ0n) is 9.67. The van der Waals surface area contributed by atoms with Gasteiger partial charge < -0.3 is 0 Å². The van der Waals surface area contributed by atoms with Crippen molar-refractivity contribution in [2.24, 2.45) is 23.7 Å². The van der Waals surface area contributed by atoms with Gasteiger partial charge in [-0.25, -0.2) is 0 Å². The van der Waals surface area contributed by atoms with Gasteiger partial charge in [0.1, 0.15) is 10.9 Å². The van der Waals surface area contributed by atoms with Gasteiger partial charge in [0.15, 0.2) is 0 Å². The summed E-state index contributed by atoms with van der Waals surface area (Å²) < 4.78 is 3.99. The van der Waals surface area contributed by atoms with Crippen LogP contribution in [0.4, 0.5) is 0 Å². The van der Waals surface area contributed by atoms with Crippen LogP contribution in [0.5, 0.6) is 0 Å². The van der Waals surface area contributed by atoms with Crippen molar-refractivity contribution in [2.75, 3.05) is 0 Å². The minimum Gasteiger partial charge on any atom is -0.191 e. The summed E-state index contributed by atoms with van der Waals surface area (Å²) in [6, 6.07) is 2.28. The van der Waals surface area contributed by atoms with E-state index in [1.807, 2.05) is 0 Å². The molecule has 4 fully saturated rings. The Morgan fingerprint density at radius 2 is 1.71 bits per heavy atom. The number of nitriles is 1. The summed E-state index contributed by atoms with van der Waals surface area (Å²) in [6.07, 6.45) is 6.97. The molecule has 0 spiro atoms. The van der Waals surface area contributed by atoms with Crippen LogP contribution in [0.2, 0.25) is 0 Å². The van der Waals surface area contributed by atoms with E-state index in [1.54, 1.807) is 0 Å². The van der Waals surface area contributed by atoms with Gasteiger partial charge in [-0.1, -0.05) is 4.49 Å². The molecule has 5 rings (SSSR count). The number of aromatic nitrogens is 2. The van der Waals surface area contributed by atoms with Crippen LogP contribution >= 0.6 is 11.5 Å². The highest BCUT2D eigenvalue weighted by atomic mass is 32.1. The van der Waals surface area contributed by atoms with Gasteiger partial charge in [-0.2, -0.15) is 5.26 Å². The van der Waals surface area contributed by atoms with Crippen molar-refractivity contribution in [3.05, 3.63) is 10.6 Å². The second-order valence-electron chi connectivity index (χ2n) is 6.06. The number of hydrogen-bond donors (Lipinski definition) is 0. The predicted molar refractivity (Wildman–Crippen MR) is 64.4 cm³/mol. The lowest BCUT2D eigenvalue weighted by atomic mass is 9.51. The Bertz CT molecular complexity index is 459. The van der Waals surface area contributed by atoms with E-state index in [9.17, 15) is 0 Å². The van der Waals surface area contributed by atoms with E-state index in [2.05, 4.69) is 15.7 Å². The first-order chi connectivity index (χ1) is 8.35. The molecule has 0 atom stereocenters. The smallest absolute Gasteiger partial charge is 0.149 e. The number of rotatable bonds is 1. The quantitative estimate of drug-likeness (QED) is 0.764. The van der Waals surface area contributed by atoms with Gasteiger partial charge in [-0.05, 0) is 67.3 Å². The van der Waals surface area contributed by atoms with Crippen LogP contribution in [-0.2, 0) is 0 Å². The predicted octanol–water partition coefficient (Wildman–Crippen LogP) is 2.95. The van der Waals surface area contributed by atoms with Gasteiger partial charge in [0.2, 0.25) is 0 Å². The standard InChI is InChI=1S/C13H15N3S/c14-6-11-13(15-16-17-11)12-9-2-7-1-8(4-9)5-10(12)3-7/h7-10,12H,1-5H2. The van der Waals surface area contributed by atoms with Crippen molar-refractivity contribution in [1.82, 2.24) is 9.59 Å². The van der Waals surface area contributed by atoms with E-state index < -0.39 is 0 Å². The Hall–Kier alpha value is -0.950. The van der Waals surface area contributed by atoms with Gasteiger partial charge in [-0.15, -0.1) is 5.10 Å². The molecule has 0 radical (unpaired) electrons. The second kappa shape index (κ2) is 3.52. The minimum absolute atomic E-state index is 0.552. The molecule has 0 aliphatic heterocycles. The van der Waals surface area contributed by atoms with Crippen LogP contribution in [0.15, 0.2) is 0 Å². The Kier molecular flexibility index (Phi) is 2.07. The fraction of sp³-hybridized carbons (Fsp3) is 0.769. The zero-order valence-corrected chi connectivity index (χ0v) is 10.5. The lowest BCUT2D eigenvalue weighted by Gasteiger charge is -2.54. The molecule has 88 valence electrons. The van der Waals surface area contributed by atoms with Gasteiger partial charge in [-0.3, -0.25) is 0 Å². The van der Waals surface area contributed by atoms with E-state index in [1.165, 1.54) is 43.6 Å². The first-order valence-corrected chi connectivity index (χ1v) is 7.35. The van der Waals surface area contributed by atoms with Crippen LogP contribution in [-0.4, -0.2) is 9.59 Å². The second-order valence-corrected chi connectivity index (χ2v) is 6.81. The molecule has 1 aromatic rings. The average molecular weight is 245 g/mol. The van der Waals surface area contributed by atoms with E-state index in [0.717, 1.165) is 34.2 Å². The van der Waals surface area contributed by atoms with Crippen LogP contribution < -0.4 is 0 Å². The van der Waals surface area contributed by atoms with Gasteiger partial charge in [0.05, 0.1) is 5.69 Å². The summed E-state index contributed by atoms with van der Waals surface area (Å²) in [5.74, 6) is 4.09. The minimum atomic E-state index is 0.552. The van der Waals surface area contributed by atoms with Crippen molar-refractivity contribution >= 4 is 11.5 Å². The van der Waals surface area contributed by atoms with E-state index in [0.29, 0.717) is 5.92 Å². The lowest BCUT2D eigenvalue weighted by Crippen LogP contribution is -2.44. The van der Waals surface area contributed by atoms with Crippen molar-refractivity contribution in [3.63, 3.8) is 0 Å². The molecule has 1 aromatic heterocycles. The SMILES string of the molecule is N#Cc1snnc1C1C2CC3CC(C2)CC1C3. The number of nitrogens with zero attached hydrogens (tertiary/aromatic N) is 3. The maximum Gasteiger partial charge on any atom is 0.149 e. The van der Waals surface area contributed by atoms with Crippen LogP contribution in [0.1, 0.15) is 48.6 Å². The first kappa shape index (κ1) is 10.0. The number of hydrogen-bond acceptors (Lipinski definition) is 4. The molecule has 1 heterocycles. The Balaban J connectivity index is 1.73. The van der Waals surface area contributed by atoms with Crippen molar-refractivity contribution in [1.29, 1.82) is 5.26 Å². The highest BCUT2D eigenvalue weighted by molar-refractivity contribution is 7.06. The Labute approximate surface area is 105 Å². The normalized spacial score (nSPS) is 42.6. The van der Waals surface area contributed by atoms with Gasteiger partial charge in [0.25, 0.3) is 0 Å². The fourth-order valence-electron chi connectivity index (χ4n) is 4.86. The maximum atomic E-state index is 9.14. The molecule has 17 heavy (non-hydrogen) atoms. The van der Waals surface area contributed by atoms with Crippen LogP contribution in [0.25, 0.3) is 0 Å². The van der Waals surface area contributed by atoms with Gasteiger partial charge >= 0.3 is 0 Å². The molecular formula is C13H15N3S. The summed E-state index contributed by atoms with van der Waals surface area (Å²) in [5.41, 5.74) is 1.03. The van der Waals surface area contributed by atoms with Crippen molar-refractivity contribution < 1.29 is 0 Å². The molecule has 0 unspecified atom stereocenters. The average Bonchev–Trinajstić information content (AvgIpc) is 2.75. The highest BCUT2D eigenvalue weighted by Gasteiger charge is 2.50. The summed E-state index contributed by atoms with van der Waals surface area (Å²) in [5, 5.41) is 13.4. The van der Waals surface area contributed by atoms with Crippen LogP contribution in [0.3, 0.4) is 0 Å². The monoisotopic (exact) mass is 245 g/mol. The third kappa shape index (κ3) is 1.38. The molecule has 3 nitrogen and oxygen atoms in total.